The van der Waals surface area contributed by atoms with Gasteiger partial charge in [-0.3, -0.25) is 4.79 Å². The summed E-state index contributed by atoms with van der Waals surface area (Å²) in [5.74, 6) is 0.526. The number of cyclic esters (lactones) is 1. The first-order valence-corrected chi connectivity index (χ1v) is 4.16. The first-order chi connectivity index (χ1) is 5.29. The second kappa shape index (κ2) is 2.36. The topological polar surface area (TPSA) is 26.3 Å². The van der Waals surface area contributed by atoms with Crippen molar-refractivity contribution < 1.29 is 9.53 Å². The Bertz CT molecular complexity index is 208. The van der Waals surface area contributed by atoms with E-state index in [1.807, 2.05) is 6.92 Å². The molecule has 2 rings (SSSR count). The maximum Gasteiger partial charge on any atom is 0.309 e. The molecule has 1 aliphatic carbocycles. The first-order valence-electron chi connectivity index (χ1n) is 4.16. The Kier molecular flexibility index (Phi) is 1.48. The normalized spacial score (nSPS) is 41.9. The fourth-order valence-electron chi connectivity index (χ4n) is 1.96. The number of carbonyl (C=O) groups excluding carboxylic acids is 1. The molecule has 11 heavy (non-hydrogen) atoms. The number of hydrogen-bond acceptors (Lipinski definition) is 2. The standard InChI is InChI=1S/C9H12O2/c1-6-7-4-2-3-5-8(7)9(10)11-6/h2,4,6-8H,3,5H2,1H3/t6-,7-,8+/m0/s1. The third kappa shape index (κ3) is 0.971. The molecule has 0 aromatic rings. The van der Waals surface area contributed by atoms with Crippen molar-refractivity contribution in [2.24, 2.45) is 11.8 Å². The van der Waals surface area contributed by atoms with Gasteiger partial charge < -0.3 is 4.74 Å². The van der Waals surface area contributed by atoms with Crippen molar-refractivity contribution >= 4 is 5.97 Å². The van der Waals surface area contributed by atoms with E-state index in [9.17, 15) is 4.79 Å². The molecule has 1 aliphatic heterocycles. The fourth-order valence-corrected chi connectivity index (χ4v) is 1.96. The summed E-state index contributed by atoms with van der Waals surface area (Å²) in [6.07, 6.45) is 6.39. The van der Waals surface area contributed by atoms with Crippen LogP contribution in [0.1, 0.15) is 19.8 Å². The maximum absolute atomic E-state index is 11.2. The van der Waals surface area contributed by atoms with Gasteiger partial charge in [0.25, 0.3) is 0 Å². The van der Waals surface area contributed by atoms with E-state index in [0.717, 1.165) is 12.8 Å². The number of carbonyl (C=O) groups is 1. The van der Waals surface area contributed by atoms with E-state index >= 15 is 0 Å². The Morgan fingerprint density at radius 2 is 2.45 bits per heavy atom. The summed E-state index contributed by atoms with van der Waals surface area (Å²) in [6, 6.07) is 0. The van der Waals surface area contributed by atoms with Gasteiger partial charge in [-0.2, -0.15) is 0 Å². The highest BCUT2D eigenvalue weighted by molar-refractivity contribution is 5.75. The maximum atomic E-state index is 11.2. The first kappa shape index (κ1) is 6.89. The Morgan fingerprint density at radius 3 is 3.18 bits per heavy atom. The number of rotatable bonds is 0. The molecule has 2 aliphatic rings. The van der Waals surface area contributed by atoms with Crippen LogP contribution in [-0.4, -0.2) is 12.1 Å². The van der Waals surface area contributed by atoms with Gasteiger partial charge in [-0.05, 0) is 19.8 Å². The van der Waals surface area contributed by atoms with E-state index in [4.69, 9.17) is 4.74 Å². The average molecular weight is 152 g/mol. The summed E-state index contributed by atoms with van der Waals surface area (Å²) in [4.78, 5) is 11.2. The molecule has 0 aromatic heterocycles. The molecule has 0 unspecified atom stereocenters. The van der Waals surface area contributed by atoms with E-state index in [1.165, 1.54) is 0 Å². The van der Waals surface area contributed by atoms with E-state index in [0.29, 0.717) is 5.92 Å². The van der Waals surface area contributed by atoms with Crippen LogP contribution >= 0.6 is 0 Å². The summed E-state index contributed by atoms with van der Waals surface area (Å²) < 4.78 is 5.12. The molecule has 0 radical (unpaired) electrons. The number of esters is 1. The Morgan fingerprint density at radius 1 is 1.64 bits per heavy atom. The van der Waals surface area contributed by atoms with Crippen LogP contribution in [0.5, 0.6) is 0 Å². The summed E-state index contributed by atoms with van der Waals surface area (Å²) >= 11 is 0. The van der Waals surface area contributed by atoms with Gasteiger partial charge >= 0.3 is 5.97 Å². The molecule has 2 nitrogen and oxygen atoms in total. The highest BCUT2D eigenvalue weighted by Gasteiger charge is 2.41. The van der Waals surface area contributed by atoms with Crippen molar-refractivity contribution in [2.45, 2.75) is 25.9 Å². The smallest absolute Gasteiger partial charge is 0.309 e. The number of hydrogen-bond donors (Lipinski definition) is 0. The van der Waals surface area contributed by atoms with E-state index in [2.05, 4.69) is 12.2 Å². The van der Waals surface area contributed by atoms with Crippen LogP contribution in [0.4, 0.5) is 0 Å². The van der Waals surface area contributed by atoms with Gasteiger partial charge in [-0.25, -0.2) is 0 Å². The van der Waals surface area contributed by atoms with Crippen molar-refractivity contribution in [1.82, 2.24) is 0 Å². The number of allylic oxidation sites excluding steroid dienone is 1. The van der Waals surface area contributed by atoms with Crippen molar-refractivity contribution in [3.8, 4) is 0 Å². The molecule has 1 saturated heterocycles. The van der Waals surface area contributed by atoms with E-state index < -0.39 is 0 Å². The summed E-state index contributed by atoms with van der Waals surface area (Å²) in [6.45, 7) is 1.97. The molecule has 0 aromatic carbocycles. The highest BCUT2D eigenvalue weighted by Crippen LogP contribution is 2.35. The van der Waals surface area contributed by atoms with Crippen molar-refractivity contribution in [1.29, 1.82) is 0 Å². The Hall–Kier alpha value is -0.790. The Balaban J connectivity index is 2.24. The Labute approximate surface area is 66.2 Å². The van der Waals surface area contributed by atoms with Crippen LogP contribution in [-0.2, 0) is 9.53 Å². The molecular weight excluding hydrogens is 140 g/mol. The molecule has 3 atom stereocenters. The lowest BCUT2D eigenvalue weighted by atomic mass is 9.83. The van der Waals surface area contributed by atoms with Crippen LogP contribution in [0.2, 0.25) is 0 Å². The van der Waals surface area contributed by atoms with Crippen molar-refractivity contribution in [3.05, 3.63) is 12.2 Å². The van der Waals surface area contributed by atoms with Crippen molar-refractivity contribution in [3.63, 3.8) is 0 Å². The minimum atomic E-state index is 0.00634. The third-order valence-corrected chi connectivity index (χ3v) is 2.61. The van der Waals surface area contributed by atoms with Gasteiger partial charge in [0.2, 0.25) is 0 Å². The van der Waals surface area contributed by atoms with Gasteiger partial charge in [-0.15, -0.1) is 0 Å². The van der Waals surface area contributed by atoms with E-state index in [-0.39, 0.29) is 18.0 Å². The summed E-state index contributed by atoms with van der Waals surface area (Å²) in [5, 5.41) is 0. The summed E-state index contributed by atoms with van der Waals surface area (Å²) in [5.41, 5.74) is 0. The second-order valence-electron chi connectivity index (χ2n) is 3.33. The lowest BCUT2D eigenvalue weighted by Crippen LogP contribution is -2.19. The van der Waals surface area contributed by atoms with Crippen LogP contribution in [0.25, 0.3) is 0 Å². The predicted molar refractivity (Wildman–Crippen MR) is 40.9 cm³/mol. The molecule has 0 bridgehead atoms. The molecule has 0 amide bonds. The lowest BCUT2D eigenvalue weighted by Gasteiger charge is -2.17. The minimum absolute atomic E-state index is 0.00634. The van der Waals surface area contributed by atoms with E-state index in [1.54, 1.807) is 0 Å². The molecule has 0 spiro atoms. The molecule has 0 N–H and O–H groups in total. The number of fused-ring (bicyclic) bond motifs is 1. The zero-order chi connectivity index (χ0) is 7.84. The highest BCUT2D eigenvalue weighted by atomic mass is 16.6. The molecule has 2 heteroatoms. The molecule has 1 heterocycles. The third-order valence-electron chi connectivity index (χ3n) is 2.61. The molecular formula is C9H12O2. The fraction of sp³-hybridized carbons (Fsp3) is 0.667. The SMILES string of the molecule is C[C@@H]1OC(=O)[C@@H]2CCC=C[C@@H]12. The largest absolute Gasteiger partial charge is 0.462 e. The van der Waals surface area contributed by atoms with Crippen LogP contribution in [0, 0.1) is 11.8 Å². The van der Waals surface area contributed by atoms with Gasteiger partial charge in [0, 0.05) is 5.92 Å². The monoisotopic (exact) mass is 152 g/mol. The van der Waals surface area contributed by atoms with Crippen molar-refractivity contribution in [2.75, 3.05) is 0 Å². The molecule has 0 saturated carbocycles. The lowest BCUT2D eigenvalue weighted by molar-refractivity contribution is -0.143. The molecule has 1 fully saturated rings. The summed E-state index contributed by atoms with van der Waals surface area (Å²) in [7, 11) is 0. The minimum Gasteiger partial charge on any atom is -0.462 e. The zero-order valence-electron chi connectivity index (χ0n) is 6.62. The van der Waals surface area contributed by atoms with Crippen LogP contribution < -0.4 is 0 Å². The zero-order valence-corrected chi connectivity index (χ0v) is 6.62. The molecule has 60 valence electrons. The second-order valence-corrected chi connectivity index (χ2v) is 3.33. The van der Waals surface area contributed by atoms with Gasteiger partial charge in [-0.1, -0.05) is 12.2 Å². The van der Waals surface area contributed by atoms with Crippen LogP contribution in [0.3, 0.4) is 0 Å². The predicted octanol–water partition coefficient (Wildman–Crippen LogP) is 1.51. The average Bonchev–Trinajstić information content (AvgIpc) is 2.30. The van der Waals surface area contributed by atoms with Gasteiger partial charge in [0.15, 0.2) is 0 Å². The quantitative estimate of drug-likeness (QED) is 0.388. The number of ether oxygens (including phenoxy) is 1. The van der Waals surface area contributed by atoms with Gasteiger partial charge in [0.05, 0.1) is 5.92 Å². The van der Waals surface area contributed by atoms with Crippen LogP contribution in [0.15, 0.2) is 12.2 Å². The van der Waals surface area contributed by atoms with Gasteiger partial charge in [0.1, 0.15) is 6.10 Å².